The van der Waals surface area contributed by atoms with E-state index in [0.717, 1.165) is 16.2 Å². The van der Waals surface area contributed by atoms with Crippen molar-refractivity contribution in [3.05, 3.63) is 53.3 Å². The summed E-state index contributed by atoms with van der Waals surface area (Å²) >= 11 is 1.49. The van der Waals surface area contributed by atoms with E-state index in [1.165, 1.54) is 23.9 Å². The largest absolute Gasteiger partial charge is 0.497 e. The molecule has 2 aromatic carbocycles. The molecule has 0 aliphatic carbocycles. The van der Waals surface area contributed by atoms with Crippen molar-refractivity contribution in [3.63, 3.8) is 0 Å². The highest BCUT2D eigenvalue weighted by molar-refractivity contribution is 7.98. The first-order valence-electron chi connectivity index (χ1n) is 5.89. The number of rotatable bonds is 4. The zero-order valence-corrected chi connectivity index (χ0v) is 11.7. The molecule has 0 atom stereocenters. The molecule has 2 aromatic rings. The van der Waals surface area contributed by atoms with Gasteiger partial charge in [0.05, 0.1) is 18.7 Å². The average molecular weight is 288 g/mol. The number of nitriles is 1. The number of nitrogens with two attached hydrogens (primary N) is 1. The Kier molecular flexibility index (Phi) is 4.49. The number of hydrogen-bond acceptors (Lipinski definition) is 4. The third-order valence-corrected chi connectivity index (χ3v) is 3.92. The molecule has 5 heteroatoms. The number of hydrogen-bond donors (Lipinski definition) is 1. The SMILES string of the molecule is COc1ccc(N)c(SCc2ccc(F)cc2C#N)c1. The molecule has 0 heterocycles. The predicted molar refractivity (Wildman–Crippen MR) is 78.1 cm³/mol. The molecule has 0 aliphatic heterocycles. The Labute approximate surface area is 121 Å². The second kappa shape index (κ2) is 6.31. The topological polar surface area (TPSA) is 59.0 Å². The second-order valence-corrected chi connectivity index (χ2v) is 5.12. The molecule has 0 radical (unpaired) electrons. The number of thioether (sulfide) groups is 1. The summed E-state index contributed by atoms with van der Waals surface area (Å²) in [5.41, 5.74) is 7.68. The van der Waals surface area contributed by atoms with Gasteiger partial charge < -0.3 is 10.5 Å². The van der Waals surface area contributed by atoms with Crippen LogP contribution in [-0.4, -0.2) is 7.11 Å². The smallest absolute Gasteiger partial charge is 0.124 e. The minimum absolute atomic E-state index is 0.346. The molecule has 0 spiro atoms. The van der Waals surface area contributed by atoms with Gasteiger partial charge in [-0.1, -0.05) is 6.07 Å². The van der Waals surface area contributed by atoms with Gasteiger partial charge in [0, 0.05) is 16.3 Å². The van der Waals surface area contributed by atoms with Crippen molar-refractivity contribution in [2.24, 2.45) is 0 Å². The van der Waals surface area contributed by atoms with E-state index in [2.05, 4.69) is 0 Å². The first-order chi connectivity index (χ1) is 9.63. The standard InChI is InChI=1S/C15H13FN2OS/c1-19-13-4-5-14(18)15(7-13)20-9-10-2-3-12(16)6-11(10)8-17/h2-7H,9,18H2,1H3. The maximum absolute atomic E-state index is 13.1. The van der Waals surface area contributed by atoms with Crippen molar-refractivity contribution >= 4 is 17.4 Å². The maximum Gasteiger partial charge on any atom is 0.124 e. The second-order valence-electron chi connectivity index (χ2n) is 4.11. The number of halogens is 1. The molecule has 2 rings (SSSR count). The molecule has 0 aromatic heterocycles. The van der Waals surface area contributed by atoms with E-state index in [1.807, 2.05) is 12.1 Å². The van der Waals surface area contributed by atoms with Crippen molar-refractivity contribution < 1.29 is 9.13 Å². The fourth-order valence-electron chi connectivity index (χ4n) is 1.70. The van der Waals surface area contributed by atoms with Crippen LogP contribution in [0.2, 0.25) is 0 Å². The van der Waals surface area contributed by atoms with Crippen molar-refractivity contribution in [3.8, 4) is 11.8 Å². The number of nitrogens with zero attached hydrogens (tertiary/aromatic N) is 1. The van der Waals surface area contributed by atoms with Crippen LogP contribution in [-0.2, 0) is 5.75 Å². The zero-order valence-electron chi connectivity index (χ0n) is 10.9. The van der Waals surface area contributed by atoms with Crippen LogP contribution in [0.25, 0.3) is 0 Å². The third-order valence-electron chi connectivity index (χ3n) is 2.80. The summed E-state index contributed by atoms with van der Waals surface area (Å²) in [6.45, 7) is 0. The summed E-state index contributed by atoms with van der Waals surface area (Å²) < 4.78 is 18.2. The number of ether oxygens (including phenoxy) is 1. The van der Waals surface area contributed by atoms with Gasteiger partial charge in [0.1, 0.15) is 11.6 Å². The molecule has 0 aliphatic rings. The van der Waals surface area contributed by atoms with Crippen molar-refractivity contribution in [1.82, 2.24) is 0 Å². The normalized spacial score (nSPS) is 10.1. The predicted octanol–water partition coefficient (Wildman–Crippen LogP) is 3.58. The first kappa shape index (κ1) is 14.2. The van der Waals surface area contributed by atoms with Gasteiger partial charge in [-0.25, -0.2) is 4.39 Å². The van der Waals surface area contributed by atoms with E-state index in [-0.39, 0.29) is 0 Å². The van der Waals surface area contributed by atoms with Gasteiger partial charge in [-0.05, 0) is 35.9 Å². The Balaban J connectivity index is 2.19. The van der Waals surface area contributed by atoms with Crippen LogP contribution in [0.15, 0.2) is 41.3 Å². The van der Waals surface area contributed by atoms with Crippen LogP contribution in [0.5, 0.6) is 5.75 Å². The summed E-state index contributed by atoms with van der Waals surface area (Å²) in [6, 6.07) is 11.6. The van der Waals surface area contributed by atoms with E-state index >= 15 is 0 Å². The Bertz CT molecular complexity index is 667. The van der Waals surface area contributed by atoms with Gasteiger partial charge in [0.15, 0.2) is 0 Å². The molecule has 0 saturated heterocycles. The minimum atomic E-state index is -0.406. The molecular formula is C15H13FN2OS. The van der Waals surface area contributed by atoms with Crippen LogP contribution in [0.4, 0.5) is 10.1 Å². The van der Waals surface area contributed by atoms with Gasteiger partial charge >= 0.3 is 0 Å². The highest BCUT2D eigenvalue weighted by Gasteiger charge is 2.07. The first-order valence-corrected chi connectivity index (χ1v) is 6.87. The van der Waals surface area contributed by atoms with E-state index in [9.17, 15) is 4.39 Å². The summed E-state index contributed by atoms with van der Waals surface area (Å²) in [4.78, 5) is 0.873. The Hall–Kier alpha value is -2.19. The minimum Gasteiger partial charge on any atom is -0.497 e. The number of nitrogen functional groups attached to an aromatic ring is 1. The van der Waals surface area contributed by atoms with Crippen LogP contribution >= 0.6 is 11.8 Å². The zero-order chi connectivity index (χ0) is 14.5. The molecule has 20 heavy (non-hydrogen) atoms. The van der Waals surface area contributed by atoms with E-state index < -0.39 is 5.82 Å². The summed E-state index contributed by atoms with van der Waals surface area (Å²) in [5, 5.41) is 9.01. The molecule has 0 bridgehead atoms. The lowest BCUT2D eigenvalue weighted by Crippen LogP contribution is -1.93. The van der Waals surface area contributed by atoms with Crippen molar-refractivity contribution in [2.45, 2.75) is 10.6 Å². The van der Waals surface area contributed by atoms with E-state index in [0.29, 0.717) is 17.0 Å². The molecule has 0 unspecified atom stereocenters. The summed E-state index contributed by atoms with van der Waals surface area (Å²) in [7, 11) is 1.59. The fraction of sp³-hybridized carbons (Fsp3) is 0.133. The summed E-state index contributed by atoms with van der Waals surface area (Å²) in [6.07, 6.45) is 0. The van der Waals surface area contributed by atoms with Crippen LogP contribution in [0.3, 0.4) is 0 Å². The van der Waals surface area contributed by atoms with Gasteiger partial charge in [-0.2, -0.15) is 5.26 Å². The highest BCUT2D eigenvalue weighted by Crippen LogP contribution is 2.32. The number of methoxy groups -OCH3 is 1. The maximum atomic E-state index is 13.1. The van der Waals surface area contributed by atoms with Crippen molar-refractivity contribution in [2.75, 3.05) is 12.8 Å². The molecular weight excluding hydrogens is 275 g/mol. The Morgan fingerprint density at radius 1 is 1.30 bits per heavy atom. The molecule has 102 valence electrons. The molecule has 2 N–H and O–H groups in total. The Morgan fingerprint density at radius 2 is 2.10 bits per heavy atom. The monoisotopic (exact) mass is 288 g/mol. The Morgan fingerprint density at radius 3 is 2.80 bits per heavy atom. The number of anilines is 1. The van der Waals surface area contributed by atoms with Gasteiger partial charge in [-0.15, -0.1) is 11.8 Å². The van der Waals surface area contributed by atoms with Crippen molar-refractivity contribution in [1.29, 1.82) is 5.26 Å². The van der Waals surface area contributed by atoms with Crippen LogP contribution in [0, 0.1) is 17.1 Å². The van der Waals surface area contributed by atoms with E-state index in [4.69, 9.17) is 15.7 Å². The quantitative estimate of drug-likeness (QED) is 0.690. The lowest BCUT2D eigenvalue weighted by molar-refractivity contribution is 0.414. The van der Waals surface area contributed by atoms with Crippen LogP contribution in [0.1, 0.15) is 11.1 Å². The van der Waals surface area contributed by atoms with Crippen LogP contribution < -0.4 is 10.5 Å². The summed E-state index contributed by atoms with van der Waals surface area (Å²) in [5.74, 6) is 0.859. The van der Waals surface area contributed by atoms with Gasteiger partial charge in [0.2, 0.25) is 0 Å². The lowest BCUT2D eigenvalue weighted by atomic mass is 10.1. The fourth-order valence-corrected chi connectivity index (χ4v) is 2.70. The molecule has 0 saturated carbocycles. The van der Waals surface area contributed by atoms with Gasteiger partial charge in [0.25, 0.3) is 0 Å². The third kappa shape index (κ3) is 3.22. The lowest BCUT2D eigenvalue weighted by Gasteiger charge is -2.08. The number of benzene rings is 2. The molecule has 0 fully saturated rings. The molecule has 3 nitrogen and oxygen atoms in total. The average Bonchev–Trinajstić information content (AvgIpc) is 2.47. The van der Waals surface area contributed by atoms with Gasteiger partial charge in [-0.3, -0.25) is 0 Å². The molecule has 0 amide bonds. The van der Waals surface area contributed by atoms with E-state index in [1.54, 1.807) is 25.3 Å². The highest BCUT2D eigenvalue weighted by atomic mass is 32.2.